The minimum atomic E-state index is -0.651. The first-order valence-electron chi connectivity index (χ1n) is 8.33. The second kappa shape index (κ2) is 8.89. The highest BCUT2D eigenvalue weighted by atomic mass is 16.5. The van der Waals surface area contributed by atoms with Gasteiger partial charge in [-0.25, -0.2) is 0 Å². The largest absolute Gasteiger partial charge is 0.497 e. The molecule has 0 aliphatic heterocycles. The number of methoxy groups -OCH3 is 1. The summed E-state index contributed by atoms with van der Waals surface area (Å²) in [6, 6.07) is 8.49. The molecule has 0 spiro atoms. The predicted octanol–water partition coefficient (Wildman–Crippen LogP) is 2.36. The van der Waals surface area contributed by atoms with E-state index in [4.69, 9.17) is 9.47 Å². The second-order valence-electron chi connectivity index (χ2n) is 6.10. The van der Waals surface area contributed by atoms with E-state index >= 15 is 0 Å². The first kappa shape index (κ1) is 17.8. The third kappa shape index (κ3) is 6.20. The van der Waals surface area contributed by atoms with Crippen LogP contribution in [0.2, 0.25) is 0 Å². The first-order valence-corrected chi connectivity index (χ1v) is 8.33. The van der Waals surface area contributed by atoms with E-state index in [2.05, 4.69) is 11.0 Å². The molecule has 0 heterocycles. The lowest BCUT2D eigenvalue weighted by Gasteiger charge is -2.25. The van der Waals surface area contributed by atoms with E-state index in [0.29, 0.717) is 19.0 Å². The SMILES string of the molecule is CCCC(=O)OCC(O)CN(Cc1cccc(OC)c1)C1CC1. The Labute approximate surface area is 138 Å². The minimum absolute atomic E-state index is 0.0696. The molecule has 23 heavy (non-hydrogen) atoms. The van der Waals surface area contributed by atoms with Crippen LogP contribution in [0.1, 0.15) is 38.2 Å². The van der Waals surface area contributed by atoms with Crippen LogP contribution < -0.4 is 4.74 Å². The molecule has 5 heteroatoms. The van der Waals surface area contributed by atoms with Crippen molar-refractivity contribution in [1.82, 2.24) is 4.90 Å². The third-order valence-electron chi connectivity index (χ3n) is 3.92. The fourth-order valence-electron chi connectivity index (χ4n) is 2.58. The Morgan fingerprint density at radius 1 is 1.43 bits per heavy atom. The first-order chi connectivity index (χ1) is 11.1. The van der Waals surface area contributed by atoms with Crippen LogP contribution in [0, 0.1) is 0 Å². The van der Waals surface area contributed by atoms with Crippen molar-refractivity contribution in [3.63, 3.8) is 0 Å². The van der Waals surface area contributed by atoms with E-state index < -0.39 is 6.10 Å². The quantitative estimate of drug-likeness (QED) is 0.671. The molecule has 1 aliphatic carbocycles. The average molecular weight is 321 g/mol. The van der Waals surface area contributed by atoms with Gasteiger partial charge in [-0.15, -0.1) is 0 Å². The van der Waals surface area contributed by atoms with Crippen LogP contribution in [0.4, 0.5) is 0 Å². The number of nitrogens with zero attached hydrogens (tertiary/aromatic N) is 1. The summed E-state index contributed by atoms with van der Waals surface area (Å²) < 4.78 is 10.4. The van der Waals surface area contributed by atoms with Crippen molar-refractivity contribution in [3.05, 3.63) is 29.8 Å². The summed E-state index contributed by atoms with van der Waals surface area (Å²) in [7, 11) is 1.66. The molecule has 0 amide bonds. The molecular weight excluding hydrogens is 294 g/mol. The summed E-state index contributed by atoms with van der Waals surface area (Å²) in [6.45, 7) is 3.28. The summed E-state index contributed by atoms with van der Waals surface area (Å²) in [5, 5.41) is 10.1. The number of carbonyl (C=O) groups excluding carboxylic acids is 1. The highest BCUT2D eigenvalue weighted by Crippen LogP contribution is 2.29. The molecule has 5 nitrogen and oxygen atoms in total. The Balaban J connectivity index is 1.85. The fourth-order valence-corrected chi connectivity index (χ4v) is 2.58. The molecule has 0 aromatic heterocycles. The molecule has 0 radical (unpaired) electrons. The Hall–Kier alpha value is -1.59. The van der Waals surface area contributed by atoms with Gasteiger partial charge in [0.25, 0.3) is 0 Å². The summed E-state index contributed by atoms with van der Waals surface area (Å²) in [5.41, 5.74) is 1.16. The summed E-state index contributed by atoms with van der Waals surface area (Å²) >= 11 is 0. The van der Waals surface area contributed by atoms with Crippen LogP contribution in [-0.4, -0.2) is 48.4 Å². The monoisotopic (exact) mass is 321 g/mol. The van der Waals surface area contributed by atoms with Crippen LogP contribution in [0.15, 0.2) is 24.3 Å². The minimum Gasteiger partial charge on any atom is -0.497 e. The van der Waals surface area contributed by atoms with Gasteiger partial charge in [0, 0.05) is 25.6 Å². The maximum atomic E-state index is 11.4. The zero-order valence-electron chi connectivity index (χ0n) is 14.0. The molecule has 0 saturated heterocycles. The number of aliphatic hydroxyl groups is 1. The van der Waals surface area contributed by atoms with Gasteiger partial charge in [0.2, 0.25) is 0 Å². The van der Waals surface area contributed by atoms with Crippen molar-refractivity contribution in [2.75, 3.05) is 20.3 Å². The summed E-state index contributed by atoms with van der Waals surface area (Å²) in [5.74, 6) is 0.601. The number of hydrogen-bond acceptors (Lipinski definition) is 5. The topological polar surface area (TPSA) is 59.0 Å². The lowest BCUT2D eigenvalue weighted by molar-refractivity contribution is -0.147. The number of rotatable bonds is 10. The lowest BCUT2D eigenvalue weighted by atomic mass is 10.2. The summed E-state index contributed by atoms with van der Waals surface area (Å²) in [4.78, 5) is 13.6. The van der Waals surface area contributed by atoms with Crippen LogP contribution in [0.5, 0.6) is 5.75 Å². The Morgan fingerprint density at radius 2 is 2.22 bits per heavy atom. The predicted molar refractivity (Wildman–Crippen MR) is 88.3 cm³/mol. The summed E-state index contributed by atoms with van der Waals surface area (Å²) in [6.07, 6.45) is 2.84. The molecule has 1 fully saturated rings. The van der Waals surface area contributed by atoms with Crippen molar-refractivity contribution in [2.45, 2.75) is 51.3 Å². The molecule has 1 atom stereocenters. The van der Waals surface area contributed by atoms with Gasteiger partial charge in [-0.05, 0) is 37.0 Å². The van der Waals surface area contributed by atoms with Crippen molar-refractivity contribution >= 4 is 5.97 Å². The van der Waals surface area contributed by atoms with E-state index in [1.165, 1.54) is 0 Å². The van der Waals surface area contributed by atoms with Crippen molar-refractivity contribution in [1.29, 1.82) is 0 Å². The normalized spacial score (nSPS) is 15.5. The maximum absolute atomic E-state index is 11.4. The van der Waals surface area contributed by atoms with Crippen molar-refractivity contribution in [2.24, 2.45) is 0 Å². The maximum Gasteiger partial charge on any atom is 0.305 e. The molecular formula is C18H27NO4. The van der Waals surface area contributed by atoms with Crippen LogP contribution in [-0.2, 0) is 16.1 Å². The van der Waals surface area contributed by atoms with Crippen molar-refractivity contribution in [3.8, 4) is 5.75 Å². The number of benzene rings is 1. The Morgan fingerprint density at radius 3 is 2.87 bits per heavy atom. The molecule has 1 aliphatic rings. The van der Waals surface area contributed by atoms with E-state index in [1.54, 1.807) is 7.11 Å². The molecule has 2 rings (SSSR count). The molecule has 1 aromatic carbocycles. The number of esters is 1. The molecule has 1 saturated carbocycles. The van der Waals surface area contributed by atoms with Gasteiger partial charge in [0.05, 0.1) is 7.11 Å². The molecule has 1 unspecified atom stereocenters. The number of aliphatic hydroxyl groups excluding tert-OH is 1. The third-order valence-corrected chi connectivity index (χ3v) is 3.92. The van der Waals surface area contributed by atoms with Crippen LogP contribution in [0.3, 0.4) is 0 Å². The van der Waals surface area contributed by atoms with Gasteiger partial charge in [-0.2, -0.15) is 0 Å². The van der Waals surface area contributed by atoms with Gasteiger partial charge >= 0.3 is 5.97 Å². The molecule has 1 aromatic rings. The van der Waals surface area contributed by atoms with Gasteiger partial charge in [-0.1, -0.05) is 19.1 Å². The Bertz CT molecular complexity index is 502. The van der Waals surface area contributed by atoms with Gasteiger partial charge in [-0.3, -0.25) is 9.69 Å². The van der Waals surface area contributed by atoms with E-state index in [9.17, 15) is 9.90 Å². The van der Waals surface area contributed by atoms with Gasteiger partial charge < -0.3 is 14.6 Å². The average Bonchev–Trinajstić information content (AvgIpc) is 3.38. The Kier molecular flexibility index (Phi) is 6.86. The highest BCUT2D eigenvalue weighted by Gasteiger charge is 2.30. The zero-order valence-corrected chi connectivity index (χ0v) is 14.0. The van der Waals surface area contributed by atoms with Crippen LogP contribution in [0.25, 0.3) is 0 Å². The lowest BCUT2D eigenvalue weighted by Crippen LogP contribution is -2.36. The van der Waals surface area contributed by atoms with E-state index in [0.717, 1.165) is 37.1 Å². The fraction of sp³-hybridized carbons (Fsp3) is 0.611. The molecule has 128 valence electrons. The van der Waals surface area contributed by atoms with Gasteiger partial charge in [0.15, 0.2) is 0 Å². The standard InChI is InChI=1S/C18H27NO4/c1-3-5-18(21)23-13-16(20)12-19(15-8-9-15)11-14-6-4-7-17(10-14)22-2/h4,6-7,10,15-16,20H,3,5,8-9,11-13H2,1-2H3. The number of ether oxygens (including phenoxy) is 2. The smallest absolute Gasteiger partial charge is 0.305 e. The molecule has 0 bridgehead atoms. The molecule has 1 N–H and O–H groups in total. The highest BCUT2D eigenvalue weighted by molar-refractivity contribution is 5.69. The van der Waals surface area contributed by atoms with Crippen molar-refractivity contribution < 1.29 is 19.4 Å². The number of hydrogen-bond donors (Lipinski definition) is 1. The zero-order chi connectivity index (χ0) is 16.7. The van der Waals surface area contributed by atoms with Crippen LogP contribution >= 0.6 is 0 Å². The van der Waals surface area contributed by atoms with E-state index in [-0.39, 0.29) is 12.6 Å². The van der Waals surface area contributed by atoms with E-state index in [1.807, 2.05) is 25.1 Å². The number of carbonyl (C=O) groups is 1. The van der Waals surface area contributed by atoms with Gasteiger partial charge in [0.1, 0.15) is 18.5 Å². The second-order valence-corrected chi connectivity index (χ2v) is 6.10.